The molecule has 0 unspecified atom stereocenters. The summed E-state index contributed by atoms with van der Waals surface area (Å²) in [4.78, 5) is 16.4. The van der Waals surface area contributed by atoms with E-state index in [1.165, 1.54) is 0 Å². The van der Waals surface area contributed by atoms with Crippen molar-refractivity contribution in [3.05, 3.63) is 84.2 Å². The molecule has 26 heavy (non-hydrogen) atoms. The average molecular weight is 347 g/mol. The molecule has 0 radical (unpaired) electrons. The van der Waals surface area contributed by atoms with Crippen LogP contribution in [0.2, 0.25) is 0 Å². The second kappa shape index (κ2) is 8.67. The van der Waals surface area contributed by atoms with Crippen molar-refractivity contribution in [2.45, 2.75) is 13.0 Å². The third-order valence-corrected chi connectivity index (χ3v) is 3.89. The number of nitrogens with zero attached hydrogens (tertiary/aromatic N) is 1. The summed E-state index contributed by atoms with van der Waals surface area (Å²) in [7, 11) is 1.62. The lowest BCUT2D eigenvalue weighted by Crippen LogP contribution is -2.14. The summed E-state index contributed by atoms with van der Waals surface area (Å²) in [5.74, 6) is 0.729. The Bertz CT molecular complexity index is 831. The van der Waals surface area contributed by atoms with Gasteiger partial charge in [-0.1, -0.05) is 18.2 Å². The molecule has 0 atom stereocenters. The second-order valence-electron chi connectivity index (χ2n) is 5.83. The van der Waals surface area contributed by atoms with Gasteiger partial charge in [0.05, 0.1) is 25.8 Å². The SMILES string of the molecule is COc1ccc(CC(=O)Nc2ccc(NCc3ccccn3)cc2)cc1. The van der Waals surface area contributed by atoms with Crippen LogP contribution in [0.15, 0.2) is 72.9 Å². The molecule has 5 nitrogen and oxygen atoms in total. The third-order valence-electron chi connectivity index (χ3n) is 3.89. The minimum absolute atomic E-state index is 0.0515. The molecular weight excluding hydrogens is 326 g/mol. The van der Waals surface area contributed by atoms with E-state index in [0.29, 0.717) is 13.0 Å². The van der Waals surface area contributed by atoms with Crippen LogP contribution in [-0.2, 0) is 17.8 Å². The normalized spacial score (nSPS) is 10.2. The van der Waals surface area contributed by atoms with E-state index in [0.717, 1.165) is 28.4 Å². The first kappa shape index (κ1) is 17.5. The van der Waals surface area contributed by atoms with Crippen LogP contribution in [-0.4, -0.2) is 18.0 Å². The molecule has 1 heterocycles. The number of hydrogen-bond donors (Lipinski definition) is 2. The summed E-state index contributed by atoms with van der Waals surface area (Å²) >= 11 is 0. The number of hydrogen-bond acceptors (Lipinski definition) is 4. The first-order chi connectivity index (χ1) is 12.7. The lowest BCUT2D eigenvalue weighted by Gasteiger charge is -2.09. The predicted octanol–water partition coefficient (Wildman–Crippen LogP) is 3.88. The van der Waals surface area contributed by atoms with E-state index >= 15 is 0 Å². The highest BCUT2D eigenvalue weighted by Crippen LogP contribution is 2.16. The first-order valence-corrected chi connectivity index (χ1v) is 8.39. The maximum Gasteiger partial charge on any atom is 0.228 e. The van der Waals surface area contributed by atoms with Gasteiger partial charge in [0.1, 0.15) is 5.75 Å². The van der Waals surface area contributed by atoms with Gasteiger partial charge in [0.25, 0.3) is 0 Å². The van der Waals surface area contributed by atoms with Gasteiger partial charge >= 0.3 is 0 Å². The Morgan fingerprint density at radius 2 is 1.69 bits per heavy atom. The Kier molecular flexibility index (Phi) is 5.83. The minimum atomic E-state index is -0.0515. The molecular formula is C21H21N3O2. The Morgan fingerprint density at radius 1 is 0.962 bits per heavy atom. The van der Waals surface area contributed by atoms with E-state index in [1.807, 2.05) is 66.7 Å². The molecule has 0 bridgehead atoms. The maximum atomic E-state index is 12.2. The summed E-state index contributed by atoms with van der Waals surface area (Å²) < 4.78 is 5.12. The molecule has 2 aromatic carbocycles. The summed E-state index contributed by atoms with van der Waals surface area (Å²) in [5, 5.41) is 6.21. The van der Waals surface area contributed by atoms with E-state index in [2.05, 4.69) is 15.6 Å². The van der Waals surface area contributed by atoms with Crippen molar-refractivity contribution < 1.29 is 9.53 Å². The molecule has 132 valence electrons. The van der Waals surface area contributed by atoms with Crippen LogP contribution in [0.5, 0.6) is 5.75 Å². The molecule has 0 saturated heterocycles. The van der Waals surface area contributed by atoms with Gasteiger partial charge in [0.2, 0.25) is 5.91 Å². The van der Waals surface area contributed by atoms with E-state index < -0.39 is 0 Å². The highest BCUT2D eigenvalue weighted by Gasteiger charge is 2.05. The Hall–Kier alpha value is -3.34. The Morgan fingerprint density at radius 3 is 2.35 bits per heavy atom. The Labute approximate surface area is 153 Å². The van der Waals surface area contributed by atoms with Crippen molar-refractivity contribution in [2.24, 2.45) is 0 Å². The molecule has 0 saturated carbocycles. The van der Waals surface area contributed by atoms with Gasteiger partial charge in [0.15, 0.2) is 0 Å². The first-order valence-electron chi connectivity index (χ1n) is 8.39. The molecule has 0 aliphatic heterocycles. The topological polar surface area (TPSA) is 63.2 Å². The van der Waals surface area contributed by atoms with E-state index in [4.69, 9.17) is 4.74 Å². The van der Waals surface area contributed by atoms with Gasteiger partial charge in [-0.25, -0.2) is 0 Å². The summed E-state index contributed by atoms with van der Waals surface area (Å²) in [6, 6.07) is 21.0. The number of carbonyl (C=O) groups is 1. The van der Waals surface area contributed by atoms with Crippen molar-refractivity contribution >= 4 is 17.3 Å². The molecule has 0 aliphatic rings. The van der Waals surface area contributed by atoms with Crippen LogP contribution in [0.25, 0.3) is 0 Å². The number of nitrogens with one attached hydrogen (secondary N) is 2. The zero-order valence-corrected chi connectivity index (χ0v) is 14.6. The van der Waals surface area contributed by atoms with Crippen molar-refractivity contribution in [2.75, 3.05) is 17.7 Å². The number of methoxy groups -OCH3 is 1. The van der Waals surface area contributed by atoms with E-state index in [9.17, 15) is 4.79 Å². The lowest BCUT2D eigenvalue weighted by molar-refractivity contribution is -0.115. The van der Waals surface area contributed by atoms with Gasteiger partial charge in [-0.15, -0.1) is 0 Å². The number of ether oxygens (including phenoxy) is 1. The van der Waals surface area contributed by atoms with Crippen molar-refractivity contribution in [3.63, 3.8) is 0 Å². The van der Waals surface area contributed by atoms with Crippen LogP contribution in [0.4, 0.5) is 11.4 Å². The van der Waals surface area contributed by atoms with Crippen molar-refractivity contribution in [3.8, 4) is 5.75 Å². The Balaban J connectivity index is 1.50. The highest BCUT2D eigenvalue weighted by molar-refractivity contribution is 5.92. The molecule has 0 spiro atoms. The monoisotopic (exact) mass is 347 g/mol. The van der Waals surface area contributed by atoms with Crippen LogP contribution in [0.1, 0.15) is 11.3 Å². The van der Waals surface area contributed by atoms with Gasteiger partial charge in [-0.05, 0) is 54.1 Å². The van der Waals surface area contributed by atoms with Crippen molar-refractivity contribution in [1.29, 1.82) is 0 Å². The number of benzene rings is 2. The molecule has 1 aromatic heterocycles. The number of rotatable bonds is 7. The fourth-order valence-corrected chi connectivity index (χ4v) is 2.50. The lowest BCUT2D eigenvalue weighted by atomic mass is 10.1. The summed E-state index contributed by atoms with van der Waals surface area (Å²) in [5.41, 5.74) is 3.66. The minimum Gasteiger partial charge on any atom is -0.497 e. The van der Waals surface area contributed by atoms with Gasteiger partial charge in [-0.2, -0.15) is 0 Å². The zero-order valence-electron chi connectivity index (χ0n) is 14.6. The molecule has 0 fully saturated rings. The van der Waals surface area contributed by atoms with E-state index in [1.54, 1.807) is 13.3 Å². The van der Waals surface area contributed by atoms with Gasteiger partial charge in [0, 0.05) is 17.6 Å². The largest absolute Gasteiger partial charge is 0.497 e. The van der Waals surface area contributed by atoms with Crippen LogP contribution >= 0.6 is 0 Å². The highest BCUT2D eigenvalue weighted by atomic mass is 16.5. The van der Waals surface area contributed by atoms with Crippen LogP contribution in [0, 0.1) is 0 Å². The number of pyridine rings is 1. The van der Waals surface area contributed by atoms with Crippen molar-refractivity contribution in [1.82, 2.24) is 4.98 Å². The summed E-state index contributed by atoms with van der Waals surface area (Å²) in [6.45, 7) is 0.657. The van der Waals surface area contributed by atoms with Gasteiger partial charge < -0.3 is 15.4 Å². The smallest absolute Gasteiger partial charge is 0.228 e. The second-order valence-corrected chi connectivity index (χ2v) is 5.83. The average Bonchev–Trinajstić information content (AvgIpc) is 2.69. The molecule has 3 aromatic rings. The molecule has 2 N–H and O–H groups in total. The van der Waals surface area contributed by atoms with Crippen LogP contribution in [0.3, 0.4) is 0 Å². The maximum absolute atomic E-state index is 12.2. The van der Waals surface area contributed by atoms with E-state index in [-0.39, 0.29) is 5.91 Å². The molecule has 3 rings (SSSR count). The molecule has 1 amide bonds. The van der Waals surface area contributed by atoms with Gasteiger partial charge in [-0.3, -0.25) is 9.78 Å². The quantitative estimate of drug-likeness (QED) is 0.681. The standard InChI is InChI=1S/C21H21N3O2/c1-26-20-11-5-16(6-12-20)14-21(25)24-18-9-7-17(8-10-18)23-15-19-4-2-3-13-22-19/h2-13,23H,14-15H2,1H3,(H,24,25). The summed E-state index contributed by atoms with van der Waals surface area (Å²) in [6.07, 6.45) is 2.10. The van der Waals surface area contributed by atoms with Crippen LogP contribution < -0.4 is 15.4 Å². The number of carbonyl (C=O) groups excluding carboxylic acids is 1. The molecule has 0 aliphatic carbocycles. The fourth-order valence-electron chi connectivity index (χ4n) is 2.50. The fraction of sp³-hybridized carbons (Fsp3) is 0.143. The third kappa shape index (κ3) is 5.08. The number of anilines is 2. The zero-order chi connectivity index (χ0) is 18.2. The molecule has 5 heteroatoms. The predicted molar refractivity (Wildman–Crippen MR) is 103 cm³/mol. The number of aromatic nitrogens is 1. The number of amides is 1.